The smallest absolute Gasteiger partial charge is 0.258 e. The van der Waals surface area contributed by atoms with Gasteiger partial charge in [-0.2, -0.15) is 0 Å². The molecule has 0 aliphatic rings. The van der Waals surface area contributed by atoms with Crippen LogP contribution in [0.3, 0.4) is 0 Å². The van der Waals surface area contributed by atoms with E-state index >= 15 is 0 Å². The molecule has 0 fully saturated rings. The SMILES string of the molecule is Cc1cccc(C(=O)Nc2ccc(OCc3cc(=O)n4ccccc4n3)cc2)c1. The van der Waals surface area contributed by atoms with Crippen LogP contribution >= 0.6 is 0 Å². The summed E-state index contributed by atoms with van der Waals surface area (Å²) in [5.41, 5.74) is 3.29. The number of nitrogens with zero attached hydrogens (tertiary/aromatic N) is 2. The van der Waals surface area contributed by atoms with Crippen molar-refractivity contribution < 1.29 is 9.53 Å². The summed E-state index contributed by atoms with van der Waals surface area (Å²) < 4.78 is 7.21. The van der Waals surface area contributed by atoms with Crippen molar-refractivity contribution in [3.63, 3.8) is 0 Å². The van der Waals surface area contributed by atoms with Crippen molar-refractivity contribution in [1.82, 2.24) is 9.38 Å². The summed E-state index contributed by atoms with van der Waals surface area (Å²) in [6.07, 6.45) is 1.68. The first-order valence-electron chi connectivity index (χ1n) is 9.17. The molecule has 29 heavy (non-hydrogen) atoms. The molecule has 0 radical (unpaired) electrons. The largest absolute Gasteiger partial charge is 0.487 e. The van der Waals surface area contributed by atoms with E-state index < -0.39 is 0 Å². The van der Waals surface area contributed by atoms with Crippen molar-refractivity contribution in [2.75, 3.05) is 5.32 Å². The minimum absolute atomic E-state index is 0.150. The fourth-order valence-corrected chi connectivity index (χ4v) is 2.96. The van der Waals surface area contributed by atoms with E-state index in [0.29, 0.717) is 28.3 Å². The van der Waals surface area contributed by atoms with Gasteiger partial charge in [0.15, 0.2) is 0 Å². The van der Waals surface area contributed by atoms with Crippen molar-refractivity contribution in [3.05, 3.63) is 106 Å². The minimum atomic E-state index is -0.164. The number of hydrogen-bond acceptors (Lipinski definition) is 4. The third-order valence-electron chi connectivity index (χ3n) is 4.40. The number of aromatic nitrogens is 2. The number of nitrogens with one attached hydrogen (secondary N) is 1. The maximum atomic E-state index is 12.3. The number of carbonyl (C=O) groups is 1. The third-order valence-corrected chi connectivity index (χ3v) is 4.40. The molecule has 6 heteroatoms. The van der Waals surface area contributed by atoms with E-state index in [4.69, 9.17) is 4.74 Å². The molecule has 0 unspecified atom stereocenters. The molecular formula is C23H19N3O3. The second-order valence-corrected chi connectivity index (χ2v) is 6.65. The maximum absolute atomic E-state index is 12.3. The molecular weight excluding hydrogens is 366 g/mol. The van der Waals surface area contributed by atoms with Crippen LogP contribution in [0, 0.1) is 6.92 Å². The molecule has 0 spiro atoms. The van der Waals surface area contributed by atoms with Crippen molar-refractivity contribution in [2.45, 2.75) is 13.5 Å². The van der Waals surface area contributed by atoms with Gasteiger partial charge in [0.25, 0.3) is 11.5 Å². The Balaban J connectivity index is 1.41. The highest BCUT2D eigenvalue weighted by molar-refractivity contribution is 6.04. The highest BCUT2D eigenvalue weighted by Gasteiger charge is 2.07. The van der Waals surface area contributed by atoms with E-state index in [9.17, 15) is 9.59 Å². The van der Waals surface area contributed by atoms with Gasteiger partial charge in [-0.25, -0.2) is 4.98 Å². The minimum Gasteiger partial charge on any atom is -0.487 e. The van der Waals surface area contributed by atoms with Crippen molar-refractivity contribution in [1.29, 1.82) is 0 Å². The van der Waals surface area contributed by atoms with Gasteiger partial charge >= 0.3 is 0 Å². The molecule has 144 valence electrons. The molecule has 6 nitrogen and oxygen atoms in total. The summed E-state index contributed by atoms with van der Waals surface area (Å²) >= 11 is 0. The number of amides is 1. The summed E-state index contributed by atoms with van der Waals surface area (Å²) in [5.74, 6) is 0.455. The van der Waals surface area contributed by atoms with Gasteiger partial charge in [-0.15, -0.1) is 0 Å². The van der Waals surface area contributed by atoms with E-state index in [1.807, 2.05) is 31.2 Å². The Hall–Kier alpha value is -3.93. The molecule has 1 N–H and O–H groups in total. The van der Waals surface area contributed by atoms with Gasteiger partial charge in [0.05, 0.1) is 5.69 Å². The number of benzene rings is 2. The molecule has 2 heterocycles. The fourth-order valence-electron chi connectivity index (χ4n) is 2.96. The molecule has 0 aliphatic carbocycles. The van der Waals surface area contributed by atoms with Crippen LogP contribution in [0.1, 0.15) is 21.6 Å². The van der Waals surface area contributed by atoms with Gasteiger partial charge in [0.2, 0.25) is 0 Å². The van der Waals surface area contributed by atoms with Crippen LogP contribution in [0.15, 0.2) is 83.8 Å². The van der Waals surface area contributed by atoms with Crippen LogP contribution in [0.4, 0.5) is 5.69 Å². The Morgan fingerprint density at radius 2 is 1.86 bits per heavy atom. The van der Waals surface area contributed by atoms with Gasteiger partial charge in [-0.3, -0.25) is 14.0 Å². The fraction of sp³-hybridized carbons (Fsp3) is 0.0870. The number of ether oxygens (including phenoxy) is 1. The Labute approximate surface area is 167 Å². The molecule has 0 aliphatic heterocycles. The molecule has 2 aromatic carbocycles. The van der Waals surface area contributed by atoms with E-state index in [2.05, 4.69) is 10.3 Å². The molecule has 4 rings (SSSR count). The van der Waals surface area contributed by atoms with Crippen LogP contribution in [0.25, 0.3) is 5.65 Å². The monoisotopic (exact) mass is 385 g/mol. The lowest BCUT2D eigenvalue weighted by Gasteiger charge is -2.09. The van der Waals surface area contributed by atoms with Crippen LogP contribution in [-0.4, -0.2) is 15.3 Å². The van der Waals surface area contributed by atoms with E-state index in [-0.39, 0.29) is 18.1 Å². The lowest BCUT2D eigenvalue weighted by molar-refractivity contribution is 0.102. The normalized spacial score (nSPS) is 10.7. The molecule has 0 bridgehead atoms. The van der Waals surface area contributed by atoms with Gasteiger partial charge in [0, 0.05) is 23.5 Å². The Kier molecular flexibility index (Phi) is 5.07. The first-order chi connectivity index (χ1) is 14.1. The van der Waals surface area contributed by atoms with Crippen LogP contribution in [0.5, 0.6) is 5.75 Å². The van der Waals surface area contributed by atoms with Crippen molar-refractivity contribution >= 4 is 17.2 Å². The summed E-state index contributed by atoms with van der Waals surface area (Å²) in [5, 5.41) is 2.86. The molecule has 4 aromatic rings. The van der Waals surface area contributed by atoms with Crippen molar-refractivity contribution in [2.24, 2.45) is 0 Å². The standard InChI is InChI=1S/C23H19N3O3/c1-16-5-4-6-17(13-16)23(28)25-18-8-10-20(11-9-18)29-15-19-14-22(27)26-12-3-2-7-21(26)24-19/h2-14H,15H2,1H3,(H,25,28). The summed E-state index contributed by atoms with van der Waals surface area (Å²) in [6, 6.07) is 21.3. The predicted octanol–water partition coefficient (Wildman–Crippen LogP) is 3.83. The molecule has 0 saturated carbocycles. The topological polar surface area (TPSA) is 72.7 Å². The number of anilines is 1. The predicted molar refractivity (Wildman–Crippen MR) is 111 cm³/mol. The molecule has 2 aromatic heterocycles. The maximum Gasteiger partial charge on any atom is 0.258 e. The average Bonchev–Trinajstić information content (AvgIpc) is 2.73. The third kappa shape index (κ3) is 4.32. The number of aryl methyl sites for hydroxylation is 1. The number of carbonyl (C=O) groups excluding carboxylic acids is 1. The van der Waals surface area contributed by atoms with Gasteiger partial charge in [-0.1, -0.05) is 23.8 Å². The lowest BCUT2D eigenvalue weighted by Crippen LogP contribution is -2.16. The van der Waals surface area contributed by atoms with Crippen LogP contribution in [0.2, 0.25) is 0 Å². The first kappa shape index (κ1) is 18.4. The highest BCUT2D eigenvalue weighted by atomic mass is 16.5. The summed E-state index contributed by atoms with van der Waals surface area (Å²) in [7, 11) is 0. The Morgan fingerprint density at radius 3 is 2.66 bits per heavy atom. The molecule has 1 amide bonds. The van der Waals surface area contributed by atoms with Crippen LogP contribution in [-0.2, 0) is 6.61 Å². The Morgan fingerprint density at radius 1 is 1.03 bits per heavy atom. The van der Waals surface area contributed by atoms with Crippen LogP contribution < -0.4 is 15.6 Å². The number of fused-ring (bicyclic) bond motifs is 1. The number of hydrogen-bond donors (Lipinski definition) is 1. The van der Waals surface area contributed by atoms with E-state index in [1.54, 1.807) is 48.7 Å². The zero-order chi connectivity index (χ0) is 20.2. The quantitative estimate of drug-likeness (QED) is 0.567. The first-order valence-corrected chi connectivity index (χ1v) is 9.17. The number of pyridine rings is 1. The summed E-state index contributed by atoms with van der Waals surface area (Å²) in [4.78, 5) is 28.9. The van der Waals surface area contributed by atoms with E-state index in [0.717, 1.165) is 5.56 Å². The summed E-state index contributed by atoms with van der Waals surface area (Å²) in [6.45, 7) is 2.12. The van der Waals surface area contributed by atoms with Gasteiger partial charge < -0.3 is 10.1 Å². The number of rotatable bonds is 5. The molecule has 0 atom stereocenters. The lowest BCUT2D eigenvalue weighted by atomic mass is 10.1. The second kappa shape index (κ2) is 7.98. The zero-order valence-electron chi connectivity index (χ0n) is 15.8. The average molecular weight is 385 g/mol. The van der Waals surface area contributed by atoms with E-state index in [1.165, 1.54) is 10.5 Å². The van der Waals surface area contributed by atoms with Crippen molar-refractivity contribution in [3.8, 4) is 5.75 Å². The Bertz CT molecular complexity index is 1230. The molecule has 0 saturated heterocycles. The second-order valence-electron chi connectivity index (χ2n) is 6.65. The van der Waals surface area contributed by atoms with Gasteiger partial charge in [-0.05, 0) is 55.5 Å². The zero-order valence-corrected chi connectivity index (χ0v) is 15.8. The van der Waals surface area contributed by atoms with Gasteiger partial charge in [0.1, 0.15) is 18.0 Å². The highest BCUT2D eigenvalue weighted by Crippen LogP contribution is 2.18.